The monoisotopic (exact) mass is 460 g/mol. The number of amides is 1. The van der Waals surface area contributed by atoms with Crippen LogP contribution in [0.3, 0.4) is 0 Å². The number of carbonyl (C=O) groups is 1. The van der Waals surface area contributed by atoms with Crippen LogP contribution in [0.5, 0.6) is 5.75 Å². The van der Waals surface area contributed by atoms with Crippen LogP contribution in [0.2, 0.25) is 0 Å². The topological polar surface area (TPSA) is 172 Å². The van der Waals surface area contributed by atoms with Gasteiger partial charge in [0.2, 0.25) is 0 Å². The van der Waals surface area contributed by atoms with E-state index in [-0.39, 0.29) is 35.9 Å². The van der Waals surface area contributed by atoms with Gasteiger partial charge in [-0.3, -0.25) is 9.78 Å². The minimum Gasteiger partial charge on any atom is -0.491 e. The number of pyridine rings is 2. The van der Waals surface area contributed by atoms with Crippen LogP contribution >= 0.6 is 11.8 Å². The summed E-state index contributed by atoms with van der Waals surface area (Å²) in [7, 11) is 0. The molecule has 0 aliphatic carbocycles. The number of nitrogen functional groups attached to an aromatic ring is 1. The molecule has 2 aromatic heterocycles. The van der Waals surface area contributed by atoms with Crippen molar-refractivity contribution in [2.24, 2.45) is 5.73 Å². The number of aliphatic hydroxyl groups excluding tert-OH is 1. The molecule has 3 rings (SSSR count). The van der Waals surface area contributed by atoms with Crippen molar-refractivity contribution in [1.82, 2.24) is 9.97 Å². The summed E-state index contributed by atoms with van der Waals surface area (Å²) in [5, 5.41) is 28.9. The highest BCUT2D eigenvalue weighted by molar-refractivity contribution is 7.99. The Morgan fingerprint density at radius 2 is 1.88 bits per heavy atom. The van der Waals surface area contributed by atoms with E-state index in [1.165, 1.54) is 18.0 Å². The second kappa shape index (κ2) is 11.0. The summed E-state index contributed by atoms with van der Waals surface area (Å²) >= 11 is 1.33. The first kappa shape index (κ1) is 23.5. The van der Waals surface area contributed by atoms with Crippen molar-refractivity contribution in [3.05, 3.63) is 65.0 Å². The van der Waals surface area contributed by atoms with Crippen LogP contribution in [0.4, 0.5) is 5.82 Å². The Morgan fingerprint density at radius 3 is 2.52 bits per heavy atom. The Kier molecular flexibility index (Phi) is 7.82. The number of nitrogens with zero attached hydrogens (tertiary/aromatic N) is 4. The molecule has 0 radical (unpaired) electrons. The molecule has 3 aromatic rings. The van der Waals surface area contributed by atoms with Crippen molar-refractivity contribution in [3.63, 3.8) is 0 Å². The molecular formula is C23H20N6O3S. The molecule has 0 atom stereocenters. The van der Waals surface area contributed by atoms with Crippen molar-refractivity contribution >= 4 is 23.5 Å². The zero-order chi connectivity index (χ0) is 23.8. The van der Waals surface area contributed by atoms with E-state index < -0.39 is 5.91 Å². The second-order valence-electron chi connectivity index (χ2n) is 6.76. The van der Waals surface area contributed by atoms with Gasteiger partial charge in [-0.05, 0) is 41.8 Å². The molecule has 33 heavy (non-hydrogen) atoms. The maximum Gasteiger partial charge on any atom is 0.267 e. The summed E-state index contributed by atoms with van der Waals surface area (Å²) < 4.78 is 5.37. The van der Waals surface area contributed by atoms with Gasteiger partial charge in [0.15, 0.2) is 0 Å². The van der Waals surface area contributed by atoms with Gasteiger partial charge >= 0.3 is 0 Å². The van der Waals surface area contributed by atoms with Gasteiger partial charge in [-0.15, -0.1) is 11.8 Å². The van der Waals surface area contributed by atoms with E-state index in [4.69, 9.17) is 21.3 Å². The Morgan fingerprint density at radius 1 is 1.15 bits per heavy atom. The van der Waals surface area contributed by atoms with E-state index in [1.807, 2.05) is 6.07 Å². The number of benzene rings is 1. The number of nitriles is 2. The summed E-state index contributed by atoms with van der Waals surface area (Å²) in [6, 6.07) is 14.4. The molecule has 0 spiro atoms. The van der Waals surface area contributed by atoms with Crippen molar-refractivity contribution in [2.75, 3.05) is 24.7 Å². The number of hydrogen-bond acceptors (Lipinski definition) is 9. The predicted molar refractivity (Wildman–Crippen MR) is 123 cm³/mol. The Balaban J connectivity index is 1.90. The number of thioether (sulfide) groups is 1. The number of aromatic nitrogens is 2. The summed E-state index contributed by atoms with van der Waals surface area (Å²) in [4.78, 5) is 19.5. The molecule has 0 aliphatic rings. The molecule has 10 heteroatoms. The molecule has 0 fully saturated rings. The third-order valence-corrected chi connectivity index (χ3v) is 5.60. The molecular weight excluding hydrogens is 440 g/mol. The zero-order valence-corrected chi connectivity index (χ0v) is 18.3. The fraction of sp³-hybridized carbons (Fsp3) is 0.174. The van der Waals surface area contributed by atoms with E-state index in [0.29, 0.717) is 34.1 Å². The standard InChI is InChI=1S/C23H20N6O3S/c24-12-17-20(15-1-3-16(4-2-15)32-9-8-30)18(13-25)23(29-21(17)26)33-10-6-14-5-7-28-19(11-14)22(27)31/h1-5,7,11,30H,6,8-10H2,(H2,26,29)(H2,27,31). The molecule has 1 aromatic carbocycles. The molecule has 2 heterocycles. The molecule has 0 saturated carbocycles. The fourth-order valence-corrected chi connectivity index (χ4v) is 4.09. The molecule has 0 saturated heterocycles. The third kappa shape index (κ3) is 5.57. The summed E-state index contributed by atoms with van der Waals surface area (Å²) in [6.45, 7) is 0.0529. The zero-order valence-electron chi connectivity index (χ0n) is 17.5. The van der Waals surface area contributed by atoms with Gasteiger partial charge in [0.25, 0.3) is 5.91 Å². The average molecular weight is 461 g/mol. The predicted octanol–water partition coefficient (Wildman–Crippen LogP) is 2.27. The highest BCUT2D eigenvalue weighted by atomic mass is 32.2. The Hall–Kier alpha value is -4.12. The van der Waals surface area contributed by atoms with E-state index >= 15 is 0 Å². The Labute approximate surface area is 194 Å². The lowest BCUT2D eigenvalue weighted by atomic mass is 9.97. The van der Waals surface area contributed by atoms with Crippen molar-refractivity contribution in [1.29, 1.82) is 10.5 Å². The number of carbonyl (C=O) groups excluding carboxylic acids is 1. The van der Waals surface area contributed by atoms with Gasteiger partial charge in [-0.25, -0.2) is 4.98 Å². The third-order valence-electron chi connectivity index (χ3n) is 4.62. The number of aryl methyl sites for hydroxylation is 1. The van der Waals surface area contributed by atoms with Crippen molar-refractivity contribution in [2.45, 2.75) is 11.4 Å². The molecule has 0 aliphatic heterocycles. The average Bonchev–Trinajstić information content (AvgIpc) is 2.83. The quantitative estimate of drug-likeness (QED) is 0.405. The molecule has 166 valence electrons. The maximum absolute atomic E-state index is 11.3. The maximum atomic E-state index is 11.3. The van der Waals surface area contributed by atoms with Crippen molar-refractivity contribution < 1.29 is 14.6 Å². The van der Waals surface area contributed by atoms with Gasteiger partial charge in [-0.1, -0.05) is 12.1 Å². The van der Waals surface area contributed by atoms with Crippen molar-refractivity contribution in [3.8, 4) is 29.0 Å². The minimum atomic E-state index is -0.602. The SMILES string of the molecule is N#Cc1c(N)nc(SCCc2ccnc(C(N)=O)c2)c(C#N)c1-c1ccc(OCCO)cc1. The summed E-state index contributed by atoms with van der Waals surface area (Å²) in [5.41, 5.74) is 13.8. The number of nitrogens with two attached hydrogens (primary N) is 2. The van der Waals surface area contributed by atoms with E-state index in [2.05, 4.69) is 16.0 Å². The van der Waals surface area contributed by atoms with E-state index in [0.717, 1.165) is 5.56 Å². The van der Waals surface area contributed by atoms with E-state index in [1.54, 1.807) is 36.4 Å². The lowest BCUT2D eigenvalue weighted by Crippen LogP contribution is -2.13. The molecule has 0 unspecified atom stereocenters. The van der Waals surface area contributed by atoms with Crippen LogP contribution in [0.25, 0.3) is 11.1 Å². The number of hydrogen-bond donors (Lipinski definition) is 3. The van der Waals surface area contributed by atoms with Crippen LogP contribution in [-0.4, -0.2) is 39.9 Å². The lowest BCUT2D eigenvalue weighted by molar-refractivity contribution is 0.0995. The van der Waals surface area contributed by atoms with Crippen LogP contribution < -0.4 is 16.2 Å². The molecule has 9 nitrogen and oxygen atoms in total. The minimum absolute atomic E-state index is 0.0366. The first-order valence-corrected chi connectivity index (χ1v) is 10.8. The van der Waals surface area contributed by atoms with Crippen LogP contribution in [0, 0.1) is 22.7 Å². The lowest BCUT2D eigenvalue weighted by Gasteiger charge is -2.13. The van der Waals surface area contributed by atoms with Gasteiger partial charge < -0.3 is 21.3 Å². The highest BCUT2D eigenvalue weighted by Gasteiger charge is 2.20. The van der Waals surface area contributed by atoms with Gasteiger partial charge in [0.1, 0.15) is 46.6 Å². The number of primary amides is 1. The largest absolute Gasteiger partial charge is 0.491 e. The smallest absolute Gasteiger partial charge is 0.267 e. The number of rotatable bonds is 9. The van der Waals surface area contributed by atoms with Crippen LogP contribution in [0.1, 0.15) is 27.2 Å². The normalized spacial score (nSPS) is 10.3. The van der Waals surface area contributed by atoms with Crippen LogP contribution in [-0.2, 0) is 6.42 Å². The first-order valence-electron chi connectivity index (χ1n) is 9.83. The molecule has 0 bridgehead atoms. The summed E-state index contributed by atoms with van der Waals surface area (Å²) in [5.74, 6) is 0.529. The molecule has 5 N–H and O–H groups in total. The van der Waals surface area contributed by atoms with Crippen LogP contribution in [0.15, 0.2) is 47.6 Å². The van der Waals surface area contributed by atoms with Gasteiger partial charge in [0, 0.05) is 17.5 Å². The number of anilines is 1. The van der Waals surface area contributed by atoms with E-state index in [9.17, 15) is 15.3 Å². The van der Waals surface area contributed by atoms with Gasteiger partial charge in [-0.2, -0.15) is 10.5 Å². The first-order chi connectivity index (χ1) is 16.0. The number of aliphatic hydroxyl groups is 1. The Bertz CT molecular complexity index is 1250. The highest BCUT2D eigenvalue weighted by Crippen LogP contribution is 2.36. The summed E-state index contributed by atoms with van der Waals surface area (Å²) in [6.07, 6.45) is 2.09. The fourth-order valence-electron chi connectivity index (χ4n) is 3.10. The number of ether oxygens (including phenoxy) is 1. The molecule has 1 amide bonds. The van der Waals surface area contributed by atoms with Gasteiger partial charge in [0.05, 0.1) is 12.2 Å². The second-order valence-corrected chi connectivity index (χ2v) is 7.84.